The SMILES string of the molecule is COc1cc2c(cc1OC)[C@@H](C(=O)N1CCCCC1)[C@@H](c1ccc(SC)cc1)N(C)C2=O. The van der Waals surface area contributed by atoms with E-state index < -0.39 is 12.0 Å². The minimum atomic E-state index is -0.509. The first-order chi connectivity index (χ1) is 15.5. The minimum Gasteiger partial charge on any atom is -0.493 e. The van der Waals surface area contributed by atoms with Gasteiger partial charge in [-0.15, -0.1) is 11.8 Å². The summed E-state index contributed by atoms with van der Waals surface area (Å²) in [5.74, 6) is 0.446. The van der Waals surface area contributed by atoms with Gasteiger partial charge >= 0.3 is 0 Å². The lowest BCUT2D eigenvalue weighted by molar-refractivity contribution is -0.135. The van der Waals surface area contributed by atoms with Crippen molar-refractivity contribution >= 4 is 23.6 Å². The molecule has 0 bridgehead atoms. The van der Waals surface area contributed by atoms with Gasteiger partial charge in [0.1, 0.15) is 0 Å². The largest absolute Gasteiger partial charge is 0.493 e. The highest BCUT2D eigenvalue weighted by molar-refractivity contribution is 7.98. The molecular weight excluding hydrogens is 424 g/mol. The van der Waals surface area contributed by atoms with Crippen LogP contribution in [0.5, 0.6) is 11.5 Å². The maximum absolute atomic E-state index is 13.9. The Morgan fingerprint density at radius 3 is 2.22 bits per heavy atom. The summed E-state index contributed by atoms with van der Waals surface area (Å²) >= 11 is 1.67. The second-order valence-electron chi connectivity index (χ2n) is 8.29. The van der Waals surface area contributed by atoms with Crippen molar-refractivity contribution < 1.29 is 19.1 Å². The fourth-order valence-corrected chi connectivity index (χ4v) is 5.25. The Morgan fingerprint density at radius 1 is 1.00 bits per heavy atom. The first-order valence-electron chi connectivity index (χ1n) is 11.0. The van der Waals surface area contributed by atoms with Crippen LogP contribution in [0.2, 0.25) is 0 Å². The third-order valence-corrected chi connectivity index (χ3v) is 7.31. The van der Waals surface area contributed by atoms with E-state index in [1.165, 1.54) is 0 Å². The zero-order valence-corrected chi connectivity index (χ0v) is 19.9. The van der Waals surface area contributed by atoms with Crippen molar-refractivity contribution in [2.75, 3.05) is 40.6 Å². The third kappa shape index (κ3) is 3.94. The molecule has 2 aliphatic heterocycles. The number of hydrogen-bond donors (Lipinski definition) is 0. The first kappa shape index (κ1) is 22.5. The summed E-state index contributed by atoms with van der Waals surface area (Å²) in [6.45, 7) is 1.52. The molecule has 0 unspecified atom stereocenters. The molecule has 7 heteroatoms. The molecule has 170 valence electrons. The van der Waals surface area contributed by atoms with Crippen LogP contribution in [0.25, 0.3) is 0 Å². The Bertz CT molecular complexity index is 1000. The van der Waals surface area contributed by atoms with Crippen molar-refractivity contribution in [1.29, 1.82) is 0 Å². The predicted octanol–water partition coefficient (Wildman–Crippen LogP) is 4.35. The Kier molecular flexibility index (Phi) is 6.65. The predicted molar refractivity (Wildman–Crippen MR) is 126 cm³/mol. The lowest BCUT2D eigenvalue weighted by atomic mass is 9.78. The van der Waals surface area contributed by atoms with Gasteiger partial charge in [0, 0.05) is 30.6 Å². The molecule has 2 amide bonds. The van der Waals surface area contributed by atoms with Gasteiger partial charge in [-0.2, -0.15) is 0 Å². The summed E-state index contributed by atoms with van der Waals surface area (Å²) in [6, 6.07) is 11.3. The maximum atomic E-state index is 13.9. The molecule has 2 aromatic carbocycles. The number of ether oxygens (including phenoxy) is 2. The summed E-state index contributed by atoms with van der Waals surface area (Å²) in [5.41, 5.74) is 2.16. The van der Waals surface area contributed by atoms with E-state index in [-0.39, 0.29) is 11.8 Å². The van der Waals surface area contributed by atoms with E-state index in [9.17, 15) is 9.59 Å². The van der Waals surface area contributed by atoms with Crippen LogP contribution in [0.15, 0.2) is 41.3 Å². The quantitative estimate of drug-likeness (QED) is 0.629. The van der Waals surface area contributed by atoms with Gasteiger partial charge in [-0.25, -0.2) is 0 Å². The Hall–Kier alpha value is -2.67. The van der Waals surface area contributed by atoms with Crippen molar-refractivity contribution in [3.05, 3.63) is 53.1 Å². The molecule has 0 aromatic heterocycles. The summed E-state index contributed by atoms with van der Waals surface area (Å²) in [4.78, 5) is 32.2. The molecule has 0 saturated carbocycles. The normalized spacial score (nSPS) is 20.7. The fraction of sp³-hybridized carbons (Fsp3) is 0.440. The molecule has 2 atom stereocenters. The maximum Gasteiger partial charge on any atom is 0.254 e. The van der Waals surface area contributed by atoms with E-state index in [2.05, 4.69) is 0 Å². The number of nitrogens with zero attached hydrogens (tertiary/aromatic N) is 2. The second kappa shape index (κ2) is 9.45. The van der Waals surface area contributed by atoms with E-state index in [1.54, 1.807) is 44.0 Å². The molecule has 0 aliphatic carbocycles. The highest BCUT2D eigenvalue weighted by atomic mass is 32.2. The number of rotatable bonds is 5. The standard InChI is InChI=1S/C25H30N2O4S/c1-26-23(16-8-10-17(32-4)11-9-16)22(25(29)27-12-6-5-7-13-27)18-14-20(30-2)21(31-3)15-19(18)24(26)28/h8-11,14-15,22-23H,5-7,12-13H2,1-4H3/t22-,23-/m1/s1. The fourth-order valence-electron chi connectivity index (χ4n) is 4.84. The third-order valence-electron chi connectivity index (χ3n) is 6.57. The van der Waals surface area contributed by atoms with Crippen LogP contribution >= 0.6 is 11.8 Å². The molecule has 2 heterocycles. The van der Waals surface area contributed by atoms with Gasteiger partial charge in [0.25, 0.3) is 5.91 Å². The number of fused-ring (bicyclic) bond motifs is 1. The minimum absolute atomic E-state index is 0.0662. The first-order valence-corrected chi connectivity index (χ1v) is 12.2. The number of thioether (sulfide) groups is 1. The van der Waals surface area contributed by atoms with E-state index in [0.29, 0.717) is 22.6 Å². The number of likely N-dealkylation sites (N-methyl/N-ethyl adjacent to an activating group) is 1. The van der Waals surface area contributed by atoms with Crippen LogP contribution < -0.4 is 9.47 Å². The summed E-state index contributed by atoms with van der Waals surface area (Å²) in [5, 5.41) is 0. The van der Waals surface area contributed by atoms with Gasteiger partial charge < -0.3 is 19.3 Å². The van der Waals surface area contributed by atoms with Gasteiger partial charge in [0.05, 0.1) is 26.2 Å². The monoisotopic (exact) mass is 454 g/mol. The van der Waals surface area contributed by atoms with E-state index in [4.69, 9.17) is 9.47 Å². The molecule has 6 nitrogen and oxygen atoms in total. The molecule has 2 aromatic rings. The Labute approximate surface area is 193 Å². The Balaban J connectivity index is 1.88. The number of carbonyl (C=O) groups excluding carboxylic acids is 2. The number of piperidine rings is 1. The summed E-state index contributed by atoms with van der Waals surface area (Å²) in [6.07, 6.45) is 5.20. The molecule has 4 rings (SSSR count). The van der Waals surface area contributed by atoms with Crippen LogP contribution in [0.4, 0.5) is 0 Å². The van der Waals surface area contributed by atoms with Gasteiger partial charge in [0.2, 0.25) is 5.91 Å². The molecule has 32 heavy (non-hydrogen) atoms. The smallest absolute Gasteiger partial charge is 0.254 e. The molecular formula is C25H30N2O4S. The number of amides is 2. The lowest BCUT2D eigenvalue weighted by Gasteiger charge is -2.42. The van der Waals surface area contributed by atoms with E-state index in [0.717, 1.165) is 42.8 Å². The topological polar surface area (TPSA) is 59.1 Å². The average Bonchev–Trinajstić information content (AvgIpc) is 2.85. The van der Waals surface area contributed by atoms with Gasteiger partial charge in [-0.3, -0.25) is 9.59 Å². The number of carbonyl (C=O) groups is 2. The molecule has 0 N–H and O–H groups in total. The molecule has 0 spiro atoms. The van der Waals surface area contributed by atoms with Crippen LogP contribution in [0, 0.1) is 0 Å². The number of hydrogen-bond acceptors (Lipinski definition) is 5. The lowest BCUT2D eigenvalue weighted by Crippen LogP contribution is -2.48. The number of likely N-dealkylation sites (tertiary alicyclic amines) is 1. The zero-order chi connectivity index (χ0) is 22.8. The van der Waals surface area contributed by atoms with Crippen molar-refractivity contribution in [3.8, 4) is 11.5 Å². The van der Waals surface area contributed by atoms with Crippen LogP contribution in [0.1, 0.15) is 52.7 Å². The average molecular weight is 455 g/mol. The van der Waals surface area contributed by atoms with Crippen molar-refractivity contribution in [1.82, 2.24) is 9.80 Å². The van der Waals surface area contributed by atoms with Gasteiger partial charge in [-0.1, -0.05) is 12.1 Å². The van der Waals surface area contributed by atoms with Gasteiger partial charge in [0.15, 0.2) is 11.5 Å². The van der Waals surface area contributed by atoms with Crippen molar-refractivity contribution in [2.24, 2.45) is 0 Å². The van der Waals surface area contributed by atoms with Crippen LogP contribution in [0.3, 0.4) is 0 Å². The molecule has 1 fully saturated rings. The zero-order valence-electron chi connectivity index (χ0n) is 19.1. The highest BCUT2D eigenvalue weighted by Crippen LogP contribution is 2.46. The molecule has 1 saturated heterocycles. The van der Waals surface area contributed by atoms with Crippen molar-refractivity contribution in [2.45, 2.75) is 36.1 Å². The van der Waals surface area contributed by atoms with Gasteiger partial charge in [-0.05, 0) is 60.9 Å². The molecule has 0 radical (unpaired) electrons. The second-order valence-corrected chi connectivity index (χ2v) is 9.17. The van der Waals surface area contributed by atoms with Crippen LogP contribution in [-0.2, 0) is 4.79 Å². The number of methoxy groups -OCH3 is 2. The molecule has 2 aliphatic rings. The Morgan fingerprint density at radius 2 is 1.62 bits per heavy atom. The van der Waals surface area contributed by atoms with Crippen molar-refractivity contribution in [3.63, 3.8) is 0 Å². The highest BCUT2D eigenvalue weighted by Gasteiger charge is 2.45. The summed E-state index contributed by atoms with van der Waals surface area (Å²) in [7, 11) is 4.90. The van der Waals surface area contributed by atoms with E-state index in [1.807, 2.05) is 41.5 Å². The number of benzene rings is 2. The van der Waals surface area contributed by atoms with Crippen LogP contribution in [-0.4, -0.2) is 62.2 Å². The van der Waals surface area contributed by atoms with E-state index >= 15 is 0 Å². The summed E-state index contributed by atoms with van der Waals surface area (Å²) < 4.78 is 11.0.